The predicted molar refractivity (Wildman–Crippen MR) is 83.1 cm³/mol. The van der Waals surface area contributed by atoms with E-state index in [2.05, 4.69) is 24.5 Å². The molecular weight excluding hydrogens is 264 g/mol. The normalized spacial score (nSPS) is 38.2. The van der Waals surface area contributed by atoms with Gasteiger partial charge in [0.2, 0.25) is 5.91 Å². The molecule has 0 spiro atoms. The van der Waals surface area contributed by atoms with Crippen LogP contribution in [-0.2, 0) is 9.53 Å². The third kappa shape index (κ3) is 2.98. The predicted octanol–water partition coefficient (Wildman–Crippen LogP) is 2.23. The van der Waals surface area contributed by atoms with Gasteiger partial charge in [0, 0.05) is 12.6 Å². The summed E-state index contributed by atoms with van der Waals surface area (Å²) in [4.78, 5) is 12.6. The molecular formula is C17H30N2O2. The smallest absolute Gasteiger partial charge is 0.237 e. The van der Waals surface area contributed by atoms with Crippen LogP contribution >= 0.6 is 0 Å². The molecule has 2 N–H and O–H groups in total. The molecule has 120 valence electrons. The number of carbonyl (C=O) groups is 1. The lowest BCUT2D eigenvalue weighted by molar-refractivity contribution is -0.128. The lowest BCUT2D eigenvalue weighted by atomic mass is 9.85. The van der Waals surface area contributed by atoms with Gasteiger partial charge in [-0.05, 0) is 56.9 Å². The van der Waals surface area contributed by atoms with Gasteiger partial charge in [-0.2, -0.15) is 0 Å². The van der Waals surface area contributed by atoms with Crippen LogP contribution < -0.4 is 10.6 Å². The maximum absolute atomic E-state index is 12.6. The van der Waals surface area contributed by atoms with Crippen molar-refractivity contribution in [2.24, 2.45) is 11.8 Å². The van der Waals surface area contributed by atoms with Crippen molar-refractivity contribution in [3.63, 3.8) is 0 Å². The zero-order valence-electron chi connectivity index (χ0n) is 13.5. The van der Waals surface area contributed by atoms with Gasteiger partial charge in [0.15, 0.2) is 0 Å². The Labute approximate surface area is 128 Å². The second-order valence-corrected chi connectivity index (χ2v) is 7.18. The highest BCUT2D eigenvalue weighted by molar-refractivity contribution is 5.82. The van der Waals surface area contributed by atoms with Crippen LogP contribution in [0.25, 0.3) is 0 Å². The second kappa shape index (κ2) is 6.25. The van der Waals surface area contributed by atoms with E-state index in [1.165, 1.54) is 19.3 Å². The molecule has 4 nitrogen and oxygen atoms in total. The highest BCUT2D eigenvalue weighted by Gasteiger charge is 2.43. The maximum atomic E-state index is 12.6. The Bertz CT molecular complexity index is 381. The van der Waals surface area contributed by atoms with Crippen LogP contribution in [0.2, 0.25) is 0 Å². The molecule has 4 heteroatoms. The summed E-state index contributed by atoms with van der Waals surface area (Å²) in [5.41, 5.74) is -0.0187. The minimum atomic E-state index is -0.0187. The molecule has 2 aliphatic heterocycles. The Morgan fingerprint density at radius 3 is 2.86 bits per heavy atom. The van der Waals surface area contributed by atoms with E-state index in [-0.39, 0.29) is 23.6 Å². The van der Waals surface area contributed by atoms with Gasteiger partial charge in [-0.3, -0.25) is 4.79 Å². The molecule has 1 saturated carbocycles. The van der Waals surface area contributed by atoms with E-state index in [1.54, 1.807) is 0 Å². The molecule has 21 heavy (non-hydrogen) atoms. The van der Waals surface area contributed by atoms with Crippen LogP contribution in [0, 0.1) is 11.8 Å². The first-order valence-electron chi connectivity index (χ1n) is 8.85. The second-order valence-electron chi connectivity index (χ2n) is 7.18. The molecule has 0 radical (unpaired) electrons. The summed E-state index contributed by atoms with van der Waals surface area (Å²) < 4.78 is 6.00. The first-order chi connectivity index (χ1) is 10.2. The van der Waals surface area contributed by atoms with Gasteiger partial charge in [0.1, 0.15) is 0 Å². The summed E-state index contributed by atoms with van der Waals surface area (Å²) in [6, 6.07) is 0.339. The van der Waals surface area contributed by atoms with Gasteiger partial charge >= 0.3 is 0 Å². The molecule has 0 aromatic carbocycles. The van der Waals surface area contributed by atoms with Crippen molar-refractivity contribution < 1.29 is 9.53 Å². The van der Waals surface area contributed by atoms with Crippen LogP contribution in [-0.4, -0.2) is 36.7 Å². The van der Waals surface area contributed by atoms with E-state index in [4.69, 9.17) is 4.74 Å². The van der Waals surface area contributed by atoms with Gasteiger partial charge in [0.05, 0.1) is 11.6 Å². The van der Waals surface area contributed by atoms with Crippen LogP contribution in [0.15, 0.2) is 0 Å². The molecule has 0 bridgehead atoms. The van der Waals surface area contributed by atoms with Crippen LogP contribution in [0.4, 0.5) is 0 Å². The number of hydrogen-bond acceptors (Lipinski definition) is 3. The monoisotopic (exact) mass is 294 g/mol. The number of rotatable bonds is 4. The molecule has 2 heterocycles. The highest BCUT2D eigenvalue weighted by Crippen LogP contribution is 2.38. The Morgan fingerprint density at radius 1 is 1.29 bits per heavy atom. The van der Waals surface area contributed by atoms with Crippen molar-refractivity contribution in [3.05, 3.63) is 0 Å². The summed E-state index contributed by atoms with van der Waals surface area (Å²) in [6.45, 7) is 6.19. The molecule has 0 aromatic rings. The number of carbonyl (C=O) groups excluding carboxylic acids is 1. The van der Waals surface area contributed by atoms with Gasteiger partial charge in [-0.15, -0.1) is 0 Å². The summed E-state index contributed by atoms with van der Waals surface area (Å²) in [7, 11) is 0. The molecule has 3 aliphatic rings. The maximum Gasteiger partial charge on any atom is 0.237 e. The van der Waals surface area contributed by atoms with E-state index in [9.17, 15) is 4.79 Å². The standard InChI is InChI=1S/C17H30N2O2/c1-3-17(4-2)10-13(8-9-21-17)19-16(20)15-14-7-5-6-12(14)11-18-15/h12-15,18H,3-11H2,1-2H3,(H,19,20). The first kappa shape index (κ1) is 15.3. The Balaban J connectivity index is 1.57. The number of fused-ring (bicyclic) bond motifs is 1. The van der Waals surface area contributed by atoms with Crippen molar-refractivity contribution in [3.8, 4) is 0 Å². The first-order valence-corrected chi connectivity index (χ1v) is 8.85. The molecule has 4 atom stereocenters. The molecule has 3 fully saturated rings. The fourth-order valence-corrected chi connectivity index (χ4v) is 4.66. The fraction of sp³-hybridized carbons (Fsp3) is 0.941. The van der Waals surface area contributed by atoms with Gasteiger partial charge in [-0.25, -0.2) is 0 Å². The fourth-order valence-electron chi connectivity index (χ4n) is 4.66. The van der Waals surface area contributed by atoms with Gasteiger partial charge in [0.25, 0.3) is 0 Å². The summed E-state index contributed by atoms with van der Waals surface area (Å²) in [5, 5.41) is 6.77. The molecule has 2 saturated heterocycles. The Hall–Kier alpha value is -0.610. The van der Waals surface area contributed by atoms with Crippen LogP contribution in [0.3, 0.4) is 0 Å². The van der Waals surface area contributed by atoms with Gasteiger partial charge in [-0.1, -0.05) is 20.3 Å². The zero-order chi connectivity index (χ0) is 14.9. The lowest BCUT2D eigenvalue weighted by Gasteiger charge is -2.40. The van der Waals surface area contributed by atoms with E-state index in [0.29, 0.717) is 5.92 Å². The third-order valence-corrected chi connectivity index (χ3v) is 6.16. The molecule has 0 aromatic heterocycles. The minimum Gasteiger partial charge on any atom is -0.375 e. The highest BCUT2D eigenvalue weighted by atomic mass is 16.5. The van der Waals surface area contributed by atoms with E-state index in [1.807, 2.05) is 0 Å². The zero-order valence-corrected chi connectivity index (χ0v) is 13.5. The average Bonchev–Trinajstić information content (AvgIpc) is 3.10. The summed E-state index contributed by atoms with van der Waals surface area (Å²) in [5.74, 6) is 1.55. The number of ether oxygens (including phenoxy) is 1. The minimum absolute atomic E-state index is 0.0187. The molecule has 1 amide bonds. The van der Waals surface area contributed by atoms with Crippen molar-refractivity contribution in [2.45, 2.75) is 76.5 Å². The van der Waals surface area contributed by atoms with E-state index >= 15 is 0 Å². The Morgan fingerprint density at radius 2 is 2.10 bits per heavy atom. The topological polar surface area (TPSA) is 50.4 Å². The average molecular weight is 294 g/mol. The van der Waals surface area contributed by atoms with Gasteiger partial charge < -0.3 is 15.4 Å². The number of amides is 1. The summed E-state index contributed by atoms with van der Waals surface area (Å²) >= 11 is 0. The SMILES string of the molecule is CCC1(CC)CC(NC(=O)C2NCC3CCCC32)CCO1. The molecule has 1 aliphatic carbocycles. The van der Waals surface area contributed by atoms with Crippen molar-refractivity contribution in [1.29, 1.82) is 0 Å². The van der Waals surface area contributed by atoms with Crippen molar-refractivity contribution in [1.82, 2.24) is 10.6 Å². The lowest BCUT2D eigenvalue weighted by Crippen LogP contribution is -2.52. The van der Waals surface area contributed by atoms with Crippen molar-refractivity contribution >= 4 is 5.91 Å². The quantitative estimate of drug-likeness (QED) is 0.836. The third-order valence-electron chi connectivity index (χ3n) is 6.16. The number of nitrogens with one attached hydrogen (secondary N) is 2. The van der Waals surface area contributed by atoms with E-state index in [0.717, 1.165) is 44.8 Å². The van der Waals surface area contributed by atoms with Crippen molar-refractivity contribution in [2.75, 3.05) is 13.2 Å². The van der Waals surface area contributed by atoms with Crippen LogP contribution in [0.5, 0.6) is 0 Å². The van der Waals surface area contributed by atoms with E-state index < -0.39 is 0 Å². The molecule has 4 unspecified atom stereocenters. The number of hydrogen-bond donors (Lipinski definition) is 2. The Kier molecular flexibility index (Phi) is 4.55. The molecule has 3 rings (SSSR count). The largest absolute Gasteiger partial charge is 0.375 e. The summed E-state index contributed by atoms with van der Waals surface area (Å²) in [6.07, 6.45) is 7.79. The van der Waals surface area contributed by atoms with Crippen LogP contribution in [0.1, 0.15) is 58.8 Å².